The summed E-state index contributed by atoms with van der Waals surface area (Å²) >= 11 is 0. The summed E-state index contributed by atoms with van der Waals surface area (Å²) < 4.78 is 4.80. The van der Waals surface area contributed by atoms with Crippen molar-refractivity contribution in [1.29, 1.82) is 0 Å². The molecule has 1 heterocycles. The normalized spacial score (nSPS) is 9.29. The molecule has 1 aromatic rings. The third-order valence-electron chi connectivity index (χ3n) is 0.754. The summed E-state index contributed by atoms with van der Waals surface area (Å²) in [5, 5.41) is 0. The van der Waals surface area contributed by atoms with Gasteiger partial charge in [0.2, 0.25) is 0 Å². The fraction of sp³-hybridized carbons (Fsp3) is 0.200. The van der Waals surface area contributed by atoms with Crippen molar-refractivity contribution in [3.8, 4) is 0 Å². The van der Waals surface area contributed by atoms with E-state index in [2.05, 4.69) is 0 Å². The molecule has 0 bridgehead atoms. The van der Waals surface area contributed by atoms with E-state index in [1.807, 2.05) is 0 Å². The molecule has 0 amide bonds. The quantitative estimate of drug-likeness (QED) is 0.515. The van der Waals surface area contributed by atoms with Crippen molar-refractivity contribution < 1.29 is 4.42 Å². The van der Waals surface area contributed by atoms with Crippen LogP contribution in [0.4, 0.5) is 0 Å². The van der Waals surface area contributed by atoms with Crippen molar-refractivity contribution in [3.63, 3.8) is 0 Å². The number of hydrogen-bond donors (Lipinski definition) is 0. The maximum Gasteiger partial charge on any atom is 0.118 e. The Kier molecular flexibility index (Phi) is 1.13. The zero-order valence-electron chi connectivity index (χ0n) is 3.85. The third kappa shape index (κ3) is 0.810. The first-order valence-electron chi connectivity index (χ1n) is 2.10. The lowest BCUT2D eigenvalue weighted by molar-refractivity contribution is 0.509. The zero-order valence-corrected chi connectivity index (χ0v) is 3.85. The molecule has 0 fully saturated rings. The Morgan fingerprint density at radius 1 is 1.71 bits per heavy atom. The van der Waals surface area contributed by atoms with E-state index >= 15 is 0 Å². The van der Waals surface area contributed by atoms with Gasteiger partial charge >= 0.3 is 0 Å². The lowest BCUT2D eigenvalue weighted by Gasteiger charge is -1.79. The highest BCUT2D eigenvalue weighted by Crippen LogP contribution is 1.96. The van der Waals surface area contributed by atoms with E-state index in [9.17, 15) is 0 Å². The third-order valence-corrected chi connectivity index (χ3v) is 0.754. The minimum atomic E-state index is 0.243. The average Bonchev–Trinajstić information content (AvgIpc) is 2.14. The van der Waals surface area contributed by atoms with Crippen LogP contribution >= 0.6 is 0 Å². The molecule has 0 aliphatic carbocycles. The van der Waals surface area contributed by atoms with Crippen molar-refractivity contribution in [3.05, 3.63) is 24.2 Å². The van der Waals surface area contributed by atoms with Crippen LogP contribution in [0.1, 0.15) is 5.76 Å². The van der Waals surface area contributed by atoms with Gasteiger partial charge in [0.25, 0.3) is 0 Å². The molecule has 1 radical (unpaired) electrons. The molecular formula is C5H6NO. The monoisotopic (exact) mass is 96.0 g/mol. The Hall–Kier alpha value is -0.760. The summed E-state index contributed by atoms with van der Waals surface area (Å²) in [7, 11) is 0. The first kappa shape index (κ1) is 4.40. The van der Waals surface area contributed by atoms with Gasteiger partial charge in [0, 0.05) is 0 Å². The van der Waals surface area contributed by atoms with Crippen molar-refractivity contribution >= 4 is 0 Å². The van der Waals surface area contributed by atoms with Crippen LogP contribution in [0.2, 0.25) is 0 Å². The average molecular weight is 96.1 g/mol. The van der Waals surface area contributed by atoms with Gasteiger partial charge in [-0.2, -0.15) is 0 Å². The zero-order chi connectivity index (χ0) is 5.11. The summed E-state index contributed by atoms with van der Waals surface area (Å²) in [5.74, 6) is 0.722. The molecule has 2 heteroatoms. The van der Waals surface area contributed by atoms with E-state index in [1.165, 1.54) is 0 Å². The molecule has 1 rings (SSSR count). The molecule has 0 aliphatic heterocycles. The van der Waals surface area contributed by atoms with Crippen LogP contribution in [0, 0.1) is 0 Å². The maximum absolute atomic E-state index is 6.77. The van der Waals surface area contributed by atoms with Gasteiger partial charge in [-0.15, -0.1) is 0 Å². The minimum Gasteiger partial charge on any atom is -0.468 e. The smallest absolute Gasteiger partial charge is 0.118 e. The molecule has 0 atom stereocenters. The van der Waals surface area contributed by atoms with Crippen LogP contribution in [0.3, 0.4) is 0 Å². The topological polar surface area (TPSA) is 36.9 Å². The van der Waals surface area contributed by atoms with Gasteiger partial charge in [0.1, 0.15) is 5.76 Å². The van der Waals surface area contributed by atoms with E-state index in [-0.39, 0.29) is 6.54 Å². The largest absolute Gasteiger partial charge is 0.468 e. The Labute approximate surface area is 41.9 Å². The Bertz CT molecular complexity index is 123. The summed E-state index contributed by atoms with van der Waals surface area (Å²) in [4.78, 5) is 0. The van der Waals surface area contributed by atoms with Crippen LogP contribution < -0.4 is 5.73 Å². The Morgan fingerprint density at radius 3 is 2.86 bits per heavy atom. The van der Waals surface area contributed by atoms with E-state index < -0.39 is 0 Å². The summed E-state index contributed by atoms with van der Waals surface area (Å²) in [6, 6.07) is 3.57. The molecule has 0 aromatic carbocycles. The van der Waals surface area contributed by atoms with Crippen molar-refractivity contribution in [2.24, 2.45) is 0 Å². The van der Waals surface area contributed by atoms with Gasteiger partial charge in [-0.05, 0) is 12.1 Å². The molecular weight excluding hydrogens is 90.1 g/mol. The van der Waals surface area contributed by atoms with Gasteiger partial charge in [-0.1, -0.05) is 0 Å². The van der Waals surface area contributed by atoms with Crippen LogP contribution in [0.5, 0.6) is 0 Å². The van der Waals surface area contributed by atoms with E-state index in [0.717, 1.165) is 5.76 Å². The first-order valence-corrected chi connectivity index (χ1v) is 2.10. The van der Waals surface area contributed by atoms with Crippen molar-refractivity contribution in [1.82, 2.24) is 5.73 Å². The molecule has 2 nitrogen and oxygen atoms in total. The molecule has 0 unspecified atom stereocenters. The molecule has 37 valence electrons. The van der Waals surface area contributed by atoms with Crippen LogP contribution in [-0.4, -0.2) is 0 Å². The second kappa shape index (κ2) is 1.80. The van der Waals surface area contributed by atoms with Gasteiger partial charge in [-0.3, -0.25) is 0 Å². The second-order valence-electron chi connectivity index (χ2n) is 1.26. The fourth-order valence-electron chi connectivity index (χ4n) is 0.413. The van der Waals surface area contributed by atoms with Crippen LogP contribution in [0.15, 0.2) is 22.8 Å². The summed E-state index contributed by atoms with van der Waals surface area (Å²) in [5.41, 5.74) is 6.77. The van der Waals surface area contributed by atoms with Crippen LogP contribution in [0.25, 0.3) is 0 Å². The number of nitrogens with one attached hydrogen (secondary N) is 1. The van der Waals surface area contributed by atoms with E-state index in [4.69, 9.17) is 10.2 Å². The fourth-order valence-corrected chi connectivity index (χ4v) is 0.413. The van der Waals surface area contributed by atoms with Crippen molar-refractivity contribution in [2.45, 2.75) is 6.54 Å². The molecule has 0 saturated carbocycles. The number of rotatable bonds is 1. The maximum atomic E-state index is 6.77. The lowest BCUT2D eigenvalue weighted by Crippen LogP contribution is -1.75. The summed E-state index contributed by atoms with van der Waals surface area (Å²) in [6.07, 6.45) is 1.57. The summed E-state index contributed by atoms with van der Waals surface area (Å²) in [6.45, 7) is 0.243. The highest BCUT2D eigenvalue weighted by molar-refractivity contribution is 4.96. The molecule has 7 heavy (non-hydrogen) atoms. The minimum absolute atomic E-state index is 0.243. The van der Waals surface area contributed by atoms with Crippen LogP contribution in [-0.2, 0) is 6.54 Å². The standard InChI is InChI=1S/C5H6NO/c6-4-5-2-1-3-7-5/h1-3,6H,4H2. The Balaban J connectivity index is 2.76. The van der Waals surface area contributed by atoms with Gasteiger partial charge < -0.3 is 4.42 Å². The molecule has 1 aromatic heterocycles. The van der Waals surface area contributed by atoms with E-state index in [1.54, 1.807) is 18.4 Å². The molecule has 0 saturated heterocycles. The van der Waals surface area contributed by atoms with Gasteiger partial charge in [0.05, 0.1) is 12.8 Å². The molecule has 0 spiro atoms. The second-order valence-corrected chi connectivity index (χ2v) is 1.26. The van der Waals surface area contributed by atoms with Gasteiger partial charge in [-0.25, -0.2) is 5.73 Å². The van der Waals surface area contributed by atoms with E-state index in [0.29, 0.717) is 0 Å². The van der Waals surface area contributed by atoms with Gasteiger partial charge in [0.15, 0.2) is 0 Å². The Morgan fingerprint density at radius 2 is 2.57 bits per heavy atom. The van der Waals surface area contributed by atoms with Crippen molar-refractivity contribution in [2.75, 3.05) is 0 Å². The predicted octanol–water partition coefficient (Wildman–Crippen LogP) is 1.06. The lowest BCUT2D eigenvalue weighted by atomic mass is 10.5. The highest BCUT2D eigenvalue weighted by atomic mass is 16.3. The highest BCUT2D eigenvalue weighted by Gasteiger charge is 1.85. The number of hydrogen-bond acceptors (Lipinski definition) is 1. The predicted molar refractivity (Wildman–Crippen MR) is 25.5 cm³/mol. The SMILES string of the molecule is [NH]Cc1ccco1. The number of furan rings is 1. The first-order chi connectivity index (χ1) is 3.43. The molecule has 1 N–H and O–H groups in total. The molecule has 0 aliphatic rings.